The highest BCUT2D eigenvalue weighted by molar-refractivity contribution is 7.99. The largest absolute Gasteiger partial charge is 0.304 e. The summed E-state index contributed by atoms with van der Waals surface area (Å²) in [6.07, 6.45) is 1.14. The van der Waals surface area contributed by atoms with Gasteiger partial charge in [0.25, 0.3) is 0 Å². The summed E-state index contributed by atoms with van der Waals surface area (Å²) in [7, 11) is 0. The van der Waals surface area contributed by atoms with Crippen LogP contribution in [0.5, 0.6) is 0 Å². The van der Waals surface area contributed by atoms with Gasteiger partial charge in [-0.05, 0) is 30.3 Å². The quantitative estimate of drug-likeness (QED) is 0.626. The molecule has 1 aliphatic rings. The number of hydrogen-bond acceptors (Lipinski definition) is 4. The molecule has 1 aromatic rings. The second-order valence-corrected chi connectivity index (χ2v) is 5.51. The minimum atomic E-state index is -0.748. The van der Waals surface area contributed by atoms with E-state index in [2.05, 4.69) is 4.90 Å². The van der Waals surface area contributed by atoms with E-state index in [4.69, 9.17) is 0 Å². The Kier molecular flexibility index (Phi) is 4.54. The Bertz CT molecular complexity index is 434. The zero-order valence-corrected chi connectivity index (χ0v) is 10.8. The van der Waals surface area contributed by atoms with Crippen molar-refractivity contribution in [1.82, 2.24) is 4.90 Å². The molecule has 0 aromatic heterocycles. The third-order valence-corrected chi connectivity index (χ3v) is 3.98. The lowest BCUT2D eigenvalue weighted by molar-refractivity contribution is -0.387. The van der Waals surface area contributed by atoms with Crippen LogP contribution in [-0.4, -0.2) is 34.4 Å². The highest BCUT2D eigenvalue weighted by atomic mass is 32.2. The monoisotopic (exact) mass is 270 g/mol. The molecule has 1 fully saturated rings. The van der Waals surface area contributed by atoms with Crippen LogP contribution in [-0.2, 0) is 6.54 Å². The van der Waals surface area contributed by atoms with Crippen molar-refractivity contribution >= 4 is 17.4 Å². The molecule has 1 aliphatic heterocycles. The van der Waals surface area contributed by atoms with E-state index in [-0.39, 0.29) is 0 Å². The number of nitro groups is 1. The van der Waals surface area contributed by atoms with Gasteiger partial charge in [-0.1, -0.05) is 6.07 Å². The van der Waals surface area contributed by atoms with Crippen LogP contribution >= 0.6 is 11.8 Å². The van der Waals surface area contributed by atoms with Crippen LogP contribution in [0.15, 0.2) is 18.2 Å². The minimum Gasteiger partial charge on any atom is -0.298 e. The molecule has 0 N–H and O–H groups in total. The van der Waals surface area contributed by atoms with E-state index < -0.39 is 16.4 Å². The molecule has 6 heteroatoms. The number of nitrogens with zero attached hydrogens (tertiary/aromatic N) is 2. The molecule has 0 saturated carbocycles. The fraction of sp³-hybridized carbons (Fsp3) is 0.500. The summed E-state index contributed by atoms with van der Waals surface area (Å²) in [6, 6.07) is 4.16. The van der Waals surface area contributed by atoms with Gasteiger partial charge in [0.2, 0.25) is 5.82 Å². The van der Waals surface area contributed by atoms with Gasteiger partial charge in [-0.15, -0.1) is 0 Å². The zero-order chi connectivity index (χ0) is 13.0. The van der Waals surface area contributed by atoms with Gasteiger partial charge in [0.05, 0.1) is 4.92 Å². The Labute approximate surface area is 109 Å². The maximum atomic E-state index is 13.5. The van der Waals surface area contributed by atoms with E-state index in [1.54, 1.807) is 6.07 Å². The van der Waals surface area contributed by atoms with Crippen LogP contribution in [0.1, 0.15) is 12.0 Å². The molecule has 0 bridgehead atoms. The highest BCUT2D eigenvalue weighted by Gasteiger charge is 2.15. The summed E-state index contributed by atoms with van der Waals surface area (Å²) in [5.74, 6) is 1.52. The molecular weight excluding hydrogens is 255 g/mol. The number of thioether (sulfide) groups is 1. The zero-order valence-electron chi connectivity index (χ0n) is 9.97. The lowest BCUT2D eigenvalue weighted by Crippen LogP contribution is -2.25. The highest BCUT2D eigenvalue weighted by Crippen LogP contribution is 2.20. The number of halogens is 1. The molecule has 1 saturated heterocycles. The summed E-state index contributed by atoms with van der Waals surface area (Å²) in [6.45, 7) is 2.66. The summed E-state index contributed by atoms with van der Waals surface area (Å²) in [5, 5.41) is 10.5. The standard InChI is InChI=1S/C12H15FN2O2S/c13-11-8-10(2-3-12(11)15(16)17)9-14-4-1-6-18-7-5-14/h2-3,8H,1,4-7,9H2. The molecule has 0 unspecified atom stereocenters. The van der Waals surface area contributed by atoms with Crippen LogP contribution in [0.2, 0.25) is 0 Å². The molecule has 98 valence electrons. The van der Waals surface area contributed by atoms with Crippen molar-refractivity contribution < 1.29 is 9.31 Å². The van der Waals surface area contributed by atoms with Gasteiger partial charge in [0.15, 0.2) is 0 Å². The van der Waals surface area contributed by atoms with Crippen molar-refractivity contribution in [2.45, 2.75) is 13.0 Å². The molecule has 1 heterocycles. The van der Waals surface area contributed by atoms with Crippen LogP contribution in [0.4, 0.5) is 10.1 Å². The third kappa shape index (κ3) is 3.43. The predicted molar refractivity (Wildman–Crippen MR) is 70.3 cm³/mol. The maximum absolute atomic E-state index is 13.5. The van der Waals surface area contributed by atoms with Crippen LogP contribution in [0.3, 0.4) is 0 Å². The van der Waals surface area contributed by atoms with E-state index in [1.165, 1.54) is 17.9 Å². The fourth-order valence-corrected chi connectivity index (χ4v) is 2.94. The molecule has 4 nitrogen and oxygen atoms in total. The first kappa shape index (κ1) is 13.3. The first-order valence-electron chi connectivity index (χ1n) is 5.90. The SMILES string of the molecule is O=[N+]([O-])c1ccc(CN2CCCSCC2)cc1F. The predicted octanol–water partition coefficient (Wildman–Crippen LogP) is 2.67. The number of hydrogen-bond donors (Lipinski definition) is 0. The van der Waals surface area contributed by atoms with Gasteiger partial charge >= 0.3 is 5.69 Å². The normalized spacial score (nSPS) is 17.4. The maximum Gasteiger partial charge on any atom is 0.304 e. The van der Waals surface area contributed by atoms with Gasteiger partial charge < -0.3 is 0 Å². The second kappa shape index (κ2) is 6.15. The molecule has 18 heavy (non-hydrogen) atoms. The van der Waals surface area contributed by atoms with Gasteiger partial charge in [-0.3, -0.25) is 15.0 Å². The Morgan fingerprint density at radius 2 is 2.22 bits per heavy atom. The summed E-state index contributed by atoms with van der Waals surface area (Å²) >= 11 is 1.93. The van der Waals surface area contributed by atoms with Crippen molar-refractivity contribution in [2.24, 2.45) is 0 Å². The topological polar surface area (TPSA) is 46.4 Å². The molecule has 0 amide bonds. The number of benzene rings is 1. The van der Waals surface area contributed by atoms with E-state index in [9.17, 15) is 14.5 Å². The lowest BCUT2D eigenvalue weighted by Gasteiger charge is -2.19. The first-order valence-corrected chi connectivity index (χ1v) is 7.05. The van der Waals surface area contributed by atoms with Crippen LogP contribution in [0.25, 0.3) is 0 Å². The Morgan fingerprint density at radius 3 is 2.94 bits per heavy atom. The molecule has 2 rings (SSSR count). The van der Waals surface area contributed by atoms with E-state index in [1.807, 2.05) is 11.8 Å². The summed E-state index contributed by atoms with van der Waals surface area (Å²) < 4.78 is 13.5. The lowest BCUT2D eigenvalue weighted by atomic mass is 10.2. The van der Waals surface area contributed by atoms with E-state index in [0.717, 1.165) is 30.8 Å². The minimum absolute atomic E-state index is 0.454. The van der Waals surface area contributed by atoms with Crippen molar-refractivity contribution in [2.75, 3.05) is 24.6 Å². The van der Waals surface area contributed by atoms with Gasteiger partial charge in [-0.25, -0.2) is 0 Å². The van der Waals surface area contributed by atoms with Gasteiger partial charge in [0.1, 0.15) is 0 Å². The number of rotatable bonds is 3. The third-order valence-electron chi connectivity index (χ3n) is 2.93. The van der Waals surface area contributed by atoms with E-state index >= 15 is 0 Å². The summed E-state index contributed by atoms with van der Waals surface area (Å²) in [5.41, 5.74) is 0.343. The molecule has 1 aromatic carbocycles. The first-order chi connectivity index (χ1) is 8.66. The van der Waals surface area contributed by atoms with Crippen LogP contribution < -0.4 is 0 Å². The molecular formula is C12H15FN2O2S. The summed E-state index contributed by atoms with van der Waals surface area (Å²) in [4.78, 5) is 12.1. The fourth-order valence-electron chi connectivity index (χ4n) is 2.01. The average Bonchev–Trinajstić information content (AvgIpc) is 2.57. The van der Waals surface area contributed by atoms with Gasteiger partial charge in [0, 0.05) is 24.9 Å². The van der Waals surface area contributed by atoms with Gasteiger partial charge in [-0.2, -0.15) is 16.2 Å². The smallest absolute Gasteiger partial charge is 0.298 e. The van der Waals surface area contributed by atoms with E-state index in [0.29, 0.717) is 6.54 Å². The molecule has 0 radical (unpaired) electrons. The Balaban J connectivity index is 2.05. The Morgan fingerprint density at radius 1 is 1.39 bits per heavy atom. The second-order valence-electron chi connectivity index (χ2n) is 4.28. The average molecular weight is 270 g/mol. The Hall–Kier alpha value is -1.14. The number of nitro benzene ring substituents is 1. The molecule has 0 aliphatic carbocycles. The van der Waals surface area contributed by atoms with Crippen LogP contribution in [0, 0.1) is 15.9 Å². The van der Waals surface area contributed by atoms with Crippen molar-refractivity contribution in [1.29, 1.82) is 0 Å². The van der Waals surface area contributed by atoms with Crippen molar-refractivity contribution in [3.05, 3.63) is 39.7 Å². The van der Waals surface area contributed by atoms with Crippen molar-refractivity contribution in [3.8, 4) is 0 Å². The van der Waals surface area contributed by atoms with Crippen molar-refractivity contribution in [3.63, 3.8) is 0 Å². The molecule has 0 spiro atoms. The molecule has 0 atom stereocenters.